The quantitative estimate of drug-likeness (QED) is 0.720. The molecule has 1 fully saturated rings. The van der Waals surface area contributed by atoms with Crippen LogP contribution in [0.2, 0.25) is 0 Å². The van der Waals surface area contributed by atoms with Crippen molar-refractivity contribution in [3.63, 3.8) is 0 Å². The fraction of sp³-hybridized carbons (Fsp3) is 0.667. The highest BCUT2D eigenvalue weighted by molar-refractivity contribution is 5.45. The van der Waals surface area contributed by atoms with E-state index < -0.39 is 0 Å². The zero-order valence-corrected chi connectivity index (χ0v) is 17.8. The zero-order chi connectivity index (χ0) is 20.1. The average molecular weight is 388 g/mol. The lowest BCUT2D eigenvalue weighted by Crippen LogP contribution is -2.36. The molecule has 0 saturated carbocycles. The van der Waals surface area contributed by atoms with Gasteiger partial charge in [0.05, 0.1) is 25.8 Å². The molecule has 1 aromatic carbocycles. The van der Waals surface area contributed by atoms with E-state index in [9.17, 15) is 0 Å². The van der Waals surface area contributed by atoms with Crippen LogP contribution >= 0.6 is 0 Å². The SMILES string of the molecule is CCC(C)(C)n1nnnc1C(c1ccc(OC)c(OC)c1)N1CCCCCC1. The summed E-state index contributed by atoms with van der Waals surface area (Å²) in [6, 6.07) is 6.12. The standard InChI is InChI=1S/C21H33N5O2/c1-6-21(2,3)26-20(22-23-24-26)19(25-13-9-7-8-10-14-25)16-11-12-17(27-4)18(15-16)28-5/h11-12,15,19H,6-10,13-14H2,1-5H3. The van der Waals surface area contributed by atoms with Crippen LogP contribution in [0.25, 0.3) is 0 Å². The molecular weight excluding hydrogens is 354 g/mol. The van der Waals surface area contributed by atoms with Gasteiger partial charge in [0.2, 0.25) is 0 Å². The van der Waals surface area contributed by atoms with Crippen molar-refractivity contribution in [1.29, 1.82) is 0 Å². The molecule has 1 aliphatic rings. The molecule has 7 nitrogen and oxygen atoms in total. The molecule has 1 atom stereocenters. The molecule has 154 valence electrons. The van der Waals surface area contributed by atoms with Gasteiger partial charge in [-0.05, 0) is 74.3 Å². The highest BCUT2D eigenvalue weighted by Crippen LogP contribution is 2.36. The number of hydrogen-bond donors (Lipinski definition) is 0. The minimum Gasteiger partial charge on any atom is -0.493 e. The minimum absolute atomic E-state index is 0.0151. The molecule has 2 aromatic rings. The maximum atomic E-state index is 5.57. The Morgan fingerprint density at radius 1 is 1.04 bits per heavy atom. The molecule has 0 bridgehead atoms. The van der Waals surface area contributed by atoms with Gasteiger partial charge in [-0.2, -0.15) is 0 Å². The van der Waals surface area contributed by atoms with E-state index in [4.69, 9.17) is 9.47 Å². The van der Waals surface area contributed by atoms with Crippen LogP contribution in [0.3, 0.4) is 0 Å². The van der Waals surface area contributed by atoms with Crippen molar-refractivity contribution in [2.75, 3.05) is 27.3 Å². The number of likely N-dealkylation sites (tertiary alicyclic amines) is 1. The lowest BCUT2D eigenvalue weighted by molar-refractivity contribution is 0.202. The molecule has 3 rings (SSSR count). The fourth-order valence-corrected chi connectivity index (χ4v) is 3.84. The predicted octanol–water partition coefficient (Wildman–Crippen LogP) is 3.80. The number of aromatic nitrogens is 4. The largest absolute Gasteiger partial charge is 0.493 e. The van der Waals surface area contributed by atoms with Crippen LogP contribution in [0.4, 0.5) is 0 Å². The molecule has 0 aliphatic carbocycles. The van der Waals surface area contributed by atoms with Crippen LogP contribution in [-0.2, 0) is 5.54 Å². The Balaban J connectivity index is 2.10. The molecule has 0 amide bonds. The van der Waals surface area contributed by atoms with E-state index in [2.05, 4.69) is 53.3 Å². The number of ether oxygens (including phenoxy) is 2. The smallest absolute Gasteiger partial charge is 0.173 e. The number of methoxy groups -OCH3 is 2. The van der Waals surface area contributed by atoms with Gasteiger partial charge in [0, 0.05) is 0 Å². The van der Waals surface area contributed by atoms with Gasteiger partial charge in [-0.25, -0.2) is 4.68 Å². The monoisotopic (exact) mass is 387 g/mol. The maximum absolute atomic E-state index is 5.57. The second kappa shape index (κ2) is 8.90. The van der Waals surface area contributed by atoms with Gasteiger partial charge in [-0.3, -0.25) is 4.90 Å². The summed E-state index contributed by atoms with van der Waals surface area (Å²) in [6.45, 7) is 8.61. The van der Waals surface area contributed by atoms with Crippen molar-refractivity contribution >= 4 is 0 Å². The summed E-state index contributed by atoms with van der Waals surface area (Å²) >= 11 is 0. The van der Waals surface area contributed by atoms with E-state index in [1.807, 2.05) is 10.7 Å². The first-order valence-corrected chi connectivity index (χ1v) is 10.3. The Hall–Kier alpha value is -2.15. The number of tetrazole rings is 1. The zero-order valence-electron chi connectivity index (χ0n) is 17.8. The topological polar surface area (TPSA) is 65.3 Å². The fourth-order valence-electron chi connectivity index (χ4n) is 3.84. The van der Waals surface area contributed by atoms with Gasteiger partial charge in [0.1, 0.15) is 0 Å². The number of rotatable bonds is 7. The van der Waals surface area contributed by atoms with E-state index >= 15 is 0 Å². The van der Waals surface area contributed by atoms with Crippen LogP contribution in [-0.4, -0.2) is 52.4 Å². The Bertz CT molecular complexity index is 766. The first-order valence-electron chi connectivity index (χ1n) is 10.3. The van der Waals surface area contributed by atoms with E-state index in [1.165, 1.54) is 25.7 Å². The highest BCUT2D eigenvalue weighted by atomic mass is 16.5. The Morgan fingerprint density at radius 2 is 1.71 bits per heavy atom. The van der Waals surface area contributed by atoms with E-state index in [-0.39, 0.29) is 11.6 Å². The van der Waals surface area contributed by atoms with E-state index in [1.54, 1.807) is 14.2 Å². The molecule has 0 spiro atoms. The van der Waals surface area contributed by atoms with Crippen molar-refractivity contribution in [3.05, 3.63) is 29.6 Å². The Kier molecular flexibility index (Phi) is 6.54. The third kappa shape index (κ3) is 4.14. The summed E-state index contributed by atoms with van der Waals surface area (Å²) in [5.41, 5.74) is 0.974. The molecular formula is C21H33N5O2. The van der Waals surface area contributed by atoms with Crippen molar-refractivity contribution < 1.29 is 9.47 Å². The van der Waals surface area contributed by atoms with Crippen molar-refractivity contribution in [3.8, 4) is 11.5 Å². The van der Waals surface area contributed by atoms with Gasteiger partial charge in [-0.15, -0.1) is 5.10 Å². The molecule has 1 aromatic heterocycles. The number of benzene rings is 1. The molecule has 2 heterocycles. The van der Waals surface area contributed by atoms with Gasteiger partial charge < -0.3 is 9.47 Å². The third-order valence-electron chi connectivity index (χ3n) is 5.91. The summed E-state index contributed by atoms with van der Waals surface area (Å²) in [7, 11) is 3.33. The molecule has 0 radical (unpaired) electrons. The Labute approximate surface area is 168 Å². The van der Waals surface area contributed by atoms with E-state index in [0.717, 1.165) is 42.4 Å². The molecule has 1 saturated heterocycles. The van der Waals surface area contributed by atoms with Crippen molar-refractivity contribution in [1.82, 2.24) is 25.1 Å². The van der Waals surface area contributed by atoms with Gasteiger partial charge in [0.25, 0.3) is 0 Å². The second-order valence-corrected chi connectivity index (χ2v) is 8.08. The van der Waals surface area contributed by atoms with Gasteiger partial charge in [-0.1, -0.05) is 25.8 Å². The van der Waals surface area contributed by atoms with Crippen LogP contribution in [0, 0.1) is 0 Å². The highest BCUT2D eigenvalue weighted by Gasteiger charge is 2.33. The molecule has 1 unspecified atom stereocenters. The summed E-state index contributed by atoms with van der Waals surface area (Å²) < 4.78 is 13.0. The second-order valence-electron chi connectivity index (χ2n) is 8.08. The third-order valence-corrected chi connectivity index (χ3v) is 5.91. The normalized spacial score (nSPS) is 17.2. The van der Waals surface area contributed by atoms with Gasteiger partial charge in [0.15, 0.2) is 17.3 Å². The lowest BCUT2D eigenvalue weighted by atomic mass is 9.99. The Morgan fingerprint density at radius 3 is 2.32 bits per heavy atom. The van der Waals surface area contributed by atoms with Crippen LogP contribution in [0.1, 0.15) is 70.3 Å². The molecule has 0 N–H and O–H groups in total. The predicted molar refractivity (Wildman–Crippen MR) is 109 cm³/mol. The van der Waals surface area contributed by atoms with Crippen LogP contribution < -0.4 is 9.47 Å². The van der Waals surface area contributed by atoms with Crippen molar-refractivity contribution in [2.24, 2.45) is 0 Å². The summed E-state index contributed by atoms with van der Waals surface area (Å²) in [5.74, 6) is 2.35. The van der Waals surface area contributed by atoms with E-state index in [0.29, 0.717) is 0 Å². The summed E-state index contributed by atoms with van der Waals surface area (Å²) in [4.78, 5) is 2.52. The number of nitrogens with zero attached hydrogens (tertiary/aromatic N) is 5. The summed E-state index contributed by atoms with van der Waals surface area (Å²) in [6.07, 6.45) is 5.90. The number of hydrogen-bond acceptors (Lipinski definition) is 6. The molecule has 1 aliphatic heterocycles. The lowest BCUT2D eigenvalue weighted by Gasteiger charge is -2.33. The van der Waals surface area contributed by atoms with Gasteiger partial charge >= 0.3 is 0 Å². The van der Waals surface area contributed by atoms with Crippen LogP contribution in [0.15, 0.2) is 18.2 Å². The molecule has 7 heteroatoms. The maximum Gasteiger partial charge on any atom is 0.173 e. The average Bonchev–Trinajstić information content (AvgIpc) is 3.05. The first kappa shape index (κ1) is 20.6. The molecule has 28 heavy (non-hydrogen) atoms. The van der Waals surface area contributed by atoms with Crippen molar-refractivity contribution in [2.45, 2.75) is 64.5 Å². The minimum atomic E-state index is -0.153. The van der Waals surface area contributed by atoms with Crippen LogP contribution in [0.5, 0.6) is 11.5 Å². The first-order chi connectivity index (χ1) is 13.5. The summed E-state index contributed by atoms with van der Waals surface area (Å²) in [5, 5.41) is 12.9.